The zero-order valence-electron chi connectivity index (χ0n) is 8.11. The van der Waals surface area contributed by atoms with Crippen LogP contribution in [0.5, 0.6) is 0 Å². The summed E-state index contributed by atoms with van der Waals surface area (Å²) in [5, 5.41) is 6.80. The van der Waals surface area contributed by atoms with Gasteiger partial charge in [-0.3, -0.25) is 13.9 Å². The first kappa shape index (κ1) is 15.3. The van der Waals surface area contributed by atoms with Crippen molar-refractivity contribution >= 4 is 26.2 Å². The number of aliphatic carboxylic acids is 1. The fourth-order valence-electron chi connectivity index (χ4n) is 1.01. The van der Waals surface area contributed by atoms with Crippen LogP contribution >= 0.6 is 0 Å². The first-order valence-corrected chi connectivity index (χ1v) is 7.27. The van der Waals surface area contributed by atoms with E-state index in [1.54, 1.807) is 0 Å². The molecule has 1 atom stereocenters. The predicted molar refractivity (Wildman–Crippen MR) is 53.2 cm³/mol. The molecule has 0 radical (unpaired) electrons. The molecule has 0 saturated heterocycles. The first-order valence-electron chi connectivity index (χ1n) is 4.15. The van der Waals surface area contributed by atoms with Gasteiger partial charge in [-0.25, -0.2) is 0 Å². The maximum Gasteiger partial charge on any atom is 0.303 e. The Morgan fingerprint density at radius 3 is 1.88 bits per heavy atom. The van der Waals surface area contributed by atoms with Crippen molar-refractivity contribution in [2.24, 2.45) is 0 Å². The van der Waals surface area contributed by atoms with Gasteiger partial charge in [-0.15, -0.1) is 0 Å². The minimum atomic E-state index is -4.52. The van der Waals surface area contributed by atoms with Gasteiger partial charge in [0.2, 0.25) is 0 Å². The van der Waals surface area contributed by atoms with E-state index in [1.807, 2.05) is 0 Å². The SMILES string of the molecule is O=C(O)CCC(CCS(=O)(=O)O)S(=O)(=O)O. The monoisotopic (exact) mass is 276 g/mol. The van der Waals surface area contributed by atoms with Gasteiger partial charge in [0.15, 0.2) is 0 Å². The molecule has 0 rings (SSSR count). The largest absolute Gasteiger partial charge is 0.481 e. The van der Waals surface area contributed by atoms with E-state index in [4.69, 9.17) is 14.2 Å². The molecule has 1 unspecified atom stereocenters. The molecule has 0 heterocycles. The van der Waals surface area contributed by atoms with E-state index in [0.717, 1.165) is 0 Å². The number of hydrogen-bond acceptors (Lipinski definition) is 5. The van der Waals surface area contributed by atoms with Gasteiger partial charge in [0.25, 0.3) is 20.2 Å². The van der Waals surface area contributed by atoms with Crippen LogP contribution in [-0.2, 0) is 25.0 Å². The maximum absolute atomic E-state index is 10.7. The van der Waals surface area contributed by atoms with Gasteiger partial charge in [0.05, 0.1) is 11.0 Å². The molecule has 0 spiro atoms. The molecule has 0 aliphatic rings. The fourth-order valence-corrected chi connectivity index (χ4v) is 2.57. The van der Waals surface area contributed by atoms with Crippen LogP contribution in [0.2, 0.25) is 0 Å². The van der Waals surface area contributed by atoms with Gasteiger partial charge in [0, 0.05) is 6.42 Å². The van der Waals surface area contributed by atoms with Crippen molar-refractivity contribution in [3.05, 3.63) is 0 Å². The number of carbonyl (C=O) groups is 1. The second-order valence-electron chi connectivity index (χ2n) is 3.14. The molecule has 8 nitrogen and oxygen atoms in total. The quantitative estimate of drug-likeness (QED) is 0.521. The molecular weight excluding hydrogens is 264 g/mol. The number of carboxylic acid groups (broad SMARTS) is 1. The Hall–Kier alpha value is -0.710. The highest BCUT2D eigenvalue weighted by molar-refractivity contribution is 7.87. The smallest absolute Gasteiger partial charge is 0.303 e. The Bertz CT molecular complexity index is 433. The summed E-state index contributed by atoms with van der Waals surface area (Å²) in [5.41, 5.74) is 0. The molecule has 0 fully saturated rings. The van der Waals surface area contributed by atoms with Crippen LogP contribution in [0.1, 0.15) is 19.3 Å². The molecule has 0 bridgehead atoms. The van der Waals surface area contributed by atoms with Crippen LogP contribution in [-0.4, -0.2) is 48.0 Å². The normalized spacial score (nSPS) is 14.6. The Kier molecular flexibility index (Phi) is 5.32. The summed E-state index contributed by atoms with van der Waals surface area (Å²) in [5.74, 6) is -2.11. The summed E-state index contributed by atoms with van der Waals surface area (Å²) >= 11 is 0. The lowest BCUT2D eigenvalue weighted by Gasteiger charge is -2.11. The van der Waals surface area contributed by atoms with Crippen LogP contribution < -0.4 is 0 Å². The van der Waals surface area contributed by atoms with Crippen molar-refractivity contribution in [3.8, 4) is 0 Å². The average Bonchev–Trinajstić information content (AvgIpc) is 1.98. The molecule has 0 saturated carbocycles. The highest BCUT2D eigenvalue weighted by Gasteiger charge is 2.25. The topological polar surface area (TPSA) is 146 Å². The fraction of sp³-hybridized carbons (Fsp3) is 0.833. The predicted octanol–water partition coefficient (Wildman–Crippen LogP) is -0.614. The first-order chi connectivity index (χ1) is 7.02. The Balaban J connectivity index is 4.52. The van der Waals surface area contributed by atoms with Crippen molar-refractivity contribution in [1.29, 1.82) is 0 Å². The molecule has 96 valence electrons. The number of carboxylic acids is 1. The molecule has 0 aliphatic heterocycles. The molecule has 0 aromatic heterocycles. The molecule has 16 heavy (non-hydrogen) atoms. The second kappa shape index (κ2) is 5.57. The average molecular weight is 276 g/mol. The van der Waals surface area contributed by atoms with E-state index >= 15 is 0 Å². The van der Waals surface area contributed by atoms with E-state index in [1.165, 1.54) is 0 Å². The second-order valence-corrected chi connectivity index (χ2v) is 6.41. The zero-order valence-corrected chi connectivity index (χ0v) is 9.74. The van der Waals surface area contributed by atoms with Gasteiger partial charge in [0.1, 0.15) is 0 Å². The lowest BCUT2D eigenvalue weighted by molar-refractivity contribution is -0.137. The molecule has 3 N–H and O–H groups in total. The van der Waals surface area contributed by atoms with Crippen LogP contribution in [0.3, 0.4) is 0 Å². The molecule has 0 aromatic carbocycles. The summed E-state index contributed by atoms with van der Waals surface area (Å²) < 4.78 is 59.3. The van der Waals surface area contributed by atoms with Crippen LogP contribution in [0.15, 0.2) is 0 Å². The van der Waals surface area contributed by atoms with E-state index < -0.39 is 56.5 Å². The summed E-state index contributed by atoms with van der Waals surface area (Å²) in [4.78, 5) is 10.2. The van der Waals surface area contributed by atoms with Crippen LogP contribution in [0.25, 0.3) is 0 Å². The number of hydrogen-bond donors (Lipinski definition) is 3. The highest BCUT2D eigenvalue weighted by Crippen LogP contribution is 2.12. The molecule has 0 aromatic rings. The number of rotatable bonds is 7. The van der Waals surface area contributed by atoms with Crippen molar-refractivity contribution in [1.82, 2.24) is 0 Å². The Morgan fingerprint density at radius 1 is 1.06 bits per heavy atom. The van der Waals surface area contributed by atoms with E-state index in [2.05, 4.69) is 0 Å². The minimum Gasteiger partial charge on any atom is -0.481 e. The molecular formula is C6H12O8S2. The van der Waals surface area contributed by atoms with Crippen LogP contribution in [0, 0.1) is 0 Å². The van der Waals surface area contributed by atoms with Crippen molar-refractivity contribution < 1.29 is 35.8 Å². The van der Waals surface area contributed by atoms with E-state index in [-0.39, 0.29) is 0 Å². The van der Waals surface area contributed by atoms with Crippen molar-refractivity contribution in [2.45, 2.75) is 24.5 Å². The van der Waals surface area contributed by atoms with Gasteiger partial charge >= 0.3 is 5.97 Å². The summed E-state index contributed by atoms with van der Waals surface area (Å²) in [6, 6.07) is 0. The minimum absolute atomic E-state index is 0.413. The lowest BCUT2D eigenvalue weighted by Crippen LogP contribution is -2.24. The molecule has 0 aliphatic carbocycles. The summed E-state index contributed by atoms with van der Waals surface area (Å²) in [6.45, 7) is 0. The highest BCUT2D eigenvalue weighted by atomic mass is 32.2. The Labute approximate surface area is 92.8 Å². The van der Waals surface area contributed by atoms with Gasteiger partial charge in [-0.2, -0.15) is 16.8 Å². The maximum atomic E-state index is 10.7. The van der Waals surface area contributed by atoms with Gasteiger partial charge < -0.3 is 5.11 Å². The lowest BCUT2D eigenvalue weighted by atomic mass is 10.2. The van der Waals surface area contributed by atoms with Crippen LogP contribution in [0.4, 0.5) is 0 Å². The van der Waals surface area contributed by atoms with E-state index in [9.17, 15) is 21.6 Å². The summed E-state index contributed by atoms with van der Waals surface area (Å²) in [6.07, 6.45) is -1.48. The third kappa shape index (κ3) is 7.56. The zero-order chi connectivity index (χ0) is 13.0. The molecule has 0 amide bonds. The van der Waals surface area contributed by atoms with Gasteiger partial charge in [-0.05, 0) is 12.8 Å². The third-order valence-corrected chi connectivity index (χ3v) is 3.86. The standard InChI is InChI=1S/C6H12O8S2/c7-6(8)2-1-5(16(12,13)14)3-4-15(9,10)11/h5H,1-4H2,(H,7,8)(H,9,10,11)(H,12,13,14). The Morgan fingerprint density at radius 2 is 1.56 bits per heavy atom. The molecule has 10 heteroatoms. The third-order valence-electron chi connectivity index (χ3n) is 1.80. The summed E-state index contributed by atoms with van der Waals surface area (Å²) in [7, 11) is -8.86. The van der Waals surface area contributed by atoms with Crippen molar-refractivity contribution in [2.75, 3.05) is 5.75 Å². The van der Waals surface area contributed by atoms with Gasteiger partial charge in [-0.1, -0.05) is 0 Å². The van der Waals surface area contributed by atoms with E-state index in [0.29, 0.717) is 0 Å². The van der Waals surface area contributed by atoms with Crippen molar-refractivity contribution in [3.63, 3.8) is 0 Å².